The lowest BCUT2D eigenvalue weighted by Gasteiger charge is -2.22. The van der Waals surface area contributed by atoms with Crippen molar-refractivity contribution in [3.8, 4) is 0 Å². The Hall–Kier alpha value is -0.340. The van der Waals surface area contributed by atoms with E-state index in [4.69, 9.17) is 4.99 Å². The van der Waals surface area contributed by atoms with Crippen LogP contribution in [-0.2, 0) is 6.54 Å². The van der Waals surface area contributed by atoms with Gasteiger partial charge in [-0.1, -0.05) is 6.42 Å². The quantitative estimate of drug-likeness (QED) is 0.435. The minimum absolute atomic E-state index is 0. The van der Waals surface area contributed by atoms with Crippen molar-refractivity contribution in [3.63, 3.8) is 0 Å². The average molecular weight is 423 g/mol. The maximum absolute atomic E-state index is 9.88. The first-order chi connectivity index (χ1) is 9.70. The second-order valence-electron chi connectivity index (χ2n) is 5.44. The molecule has 120 valence electrons. The molecule has 0 saturated heterocycles. The van der Waals surface area contributed by atoms with E-state index >= 15 is 0 Å². The van der Waals surface area contributed by atoms with Crippen LogP contribution in [-0.4, -0.2) is 42.2 Å². The molecule has 0 aromatic carbocycles. The number of thiophene rings is 1. The van der Waals surface area contributed by atoms with E-state index in [1.807, 2.05) is 0 Å². The van der Waals surface area contributed by atoms with E-state index in [-0.39, 0.29) is 30.1 Å². The van der Waals surface area contributed by atoms with Gasteiger partial charge in [-0.25, -0.2) is 0 Å². The molecule has 0 bridgehead atoms. The van der Waals surface area contributed by atoms with Crippen molar-refractivity contribution in [3.05, 3.63) is 22.4 Å². The van der Waals surface area contributed by atoms with E-state index in [9.17, 15) is 5.11 Å². The third-order valence-corrected chi connectivity index (χ3v) is 4.52. The monoisotopic (exact) mass is 423 g/mol. The number of rotatable bonds is 5. The Labute approximate surface area is 148 Å². The summed E-state index contributed by atoms with van der Waals surface area (Å²) in [5.74, 6) is 1.26. The number of aliphatic hydroxyl groups is 1. The van der Waals surface area contributed by atoms with E-state index in [2.05, 4.69) is 41.0 Å². The van der Waals surface area contributed by atoms with Gasteiger partial charge >= 0.3 is 0 Å². The second kappa shape index (κ2) is 9.63. The standard InChI is InChI=1S/C15H25N3OS.HI/c1-3-16-15(17-9-13-5-4-6-14(13)19)18(2)10-12-7-8-20-11-12;/h7-8,11,13-14,19H,3-6,9-10H2,1-2H3,(H,16,17);1H. The summed E-state index contributed by atoms with van der Waals surface area (Å²) in [7, 11) is 2.06. The maximum atomic E-state index is 9.88. The Kier molecular flexibility index (Phi) is 8.58. The van der Waals surface area contributed by atoms with Crippen LogP contribution in [0.3, 0.4) is 0 Å². The molecule has 1 aromatic heterocycles. The number of aliphatic hydroxyl groups excluding tert-OH is 1. The van der Waals surface area contributed by atoms with Crippen molar-refractivity contribution < 1.29 is 5.11 Å². The number of aliphatic imine (C=N–C) groups is 1. The second-order valence-corrected chi connectivity index (χ2v) is 6.22. The van der Waals surface area contributed by atoms with Gasteiger partial charge in [-0.2, -0.15) is 11.3 Å². The Balaban J connectivity index is 0.00000220. The fourth-order valence-electron chi connectivity index (χ4n) is 2.63. The minimum atomic E-state index is -0.163. The van der Waals surface area contributed by atoms with Crippen molar-refractivity contribution in [2.75, 3.05) is 20.1 Å². The van der Waals surface area contributed by atoms with Gasteiger partial charge in [0.05, 0.1) is 6.10 Å². The zero-order valence-electron chi connectivity index (χ0n) is 12.8. The lowest BCUT2D eigenvalue weighted by atomic mass is 10.1. The van der Waals surface area contributed by atoms with Crippen LogP contribution in [0.1, 0.15) is 31.7 Å². The van der Waals surface area contributed by atoms with E-state index in [1.165, 1.54) is 5.56 Å². The SMILES string of the molecule is CCNC(=NCC1CCCC1O)N(C)Cc1ccsc1.I. The summed E-state index contributed by atoms with van der Waals surface area (Å²) in [5, 5.41) is 17.5. The Morgan fingerprint density at radius 3 is 2.90 bits per heavy atom. The molecule has 2 atom stereocenters. The first-order valence-electron chi connectivity index (χ1n) is 7.39. The van der Waals surface area contributed by atoms with Crippen LogP contribution in [0.2, 0.25) is 0 Å². The van der Waals surface area contributed by atoms with Crippen LogP contribution in [0.25, 0.3) is 0 Å². The lowest BCUT2D eigenvalue weighted by Crippen LogP contribution is -2.39. The van der Waals surface area contributed by atoms with Crippen molar-refractivity contribution in [1.82, 2.24) is 10.2 Å². The van der Waals surface area contributed by atoms with E-state index in [1.54, 1.807) is 11.3 Å². The number of halogens is 1. The van der Waals surface area contributed by atoms with Crippen LogP contribution in [0.5, 0.6) is 0 Å². The Morgan fingerprint density at radius 2 is 2.33 bits per heavy atom. The lowest BCUT2D eigenvalue weighted by molar-refractivity contribution is 0.136. The molecule has 1 aliphatic rings. The molecule has 1 fully saturated rings. The van der Waals surface area contributed by atoms with Gasteiger partial charge in [-0.15, -0.1) is 24.0 Å². The molecule has 0 aliphatic heterocycles. The third kappa shape index (κ3) is 5.75. The highest BCUT2D eigenvalue weighted by molar-refractivity contribution is 14.0. The molecule has 4 nitrogen and oxygen atoms in total. The summed E-state index contributed by atoms with van der Waals surface area (Å²) in [6.45, 7) is 4.53. The smallest absolute Gasteiger partial charge is 0.193 e. The van der Waals surface area contributed by atoms with Gasteiger partial charge in [0.2, 0.25) is 0 Å². The summed E-state index contributed by atoms with van der Waals surface area (Å²) >= 11 is 1.72. The minimum Gasteiger partial charge on any atom is -0.393 e. The summed E-state index contributed by atoms with van der Waals surface area (Å²) in [5.41, 5.74) is 1.31. The molecule has 2 N–H and O–H groups in total. The van der Waals surface area contributed by atoms with E-state index in [0.717, 1.165) is 44.9 Å². The van der Waals surface area contributed by atoms with Crippen molar-refractivity contribution >= 4 is 41.3 Å². The van der Waals surface area contributed by atoms with Crippen LogP contribution in [0.15, 0.2) is 21.8 Å². The molecule has 1 aliphatic carbocycles. The van der Waals surface area contributed by atoms with Gasteiger partial charge in [0.25, 0.3) is 0 Å². The van der Waals surface area contributed by atoms with Gasteiger partial charge in [0.1, 0.15) is 0 Å². The molecule has 0 radical (unpaired) electrons. The molecule has 0 spiro atoms. The number of nitrogens with one attached hydrogen (secondary N) is 1. The molecule has 0 amide bonds. The van der Waals surface area contributed by atoms with Crippen molar-refractivity contribution in [1.29, 1.82) is 0 Å². The fourth-order valence-corrected chi connectivity index (χ4v) is 3.29. The van der Waals surface area contributed by atoms with Crippen molar-refractivity contribution in [2.45, 2.75) is 38.8 Å². The van der Waals surface area contributed by atoms with Gasteiger partial charge in [0, 0.05) is 32.6 Å². The predicted molar refractivity (Wildman–Crippen MR) is 101 cm³/mol. The van der Waals surface area contributed by atoms with E-state index in [0.29, 0.717) is 5.92 Å². The zero-order valence-corrected chi connectivity index (χ0v) is 15.9. The van der Waals surface area contributed by atoms with Crippen LogP contribution in [0, 0.1) is 5.92 Å². The topological polar surface area (TPSA) is 47.9 Å². The Morgan fingerprint density at radius 1 is 1.52 bits per heavy atom. The molecule has 21 heavy (non-hydrogen) atoms. The highest BCUT2D eigenvalue weighted by Crippen LogP contribution is 2.25. The first kappa shape index (κ1) is 18.7. The third-order valence-electron chi connectivity index (χ3n) is 3.79. The highest BCUT2D eigenvalue weighted by Gasteiger charge is 2.24. The Bertz CT molecular complexity index is 425. The molecule has 6 heteroatoms. The molecular weight excluding hydrogens is 397 g/mol. The number of guanidine groups is 1. The maximum Gasteiger partial charge on any atom is 0.193 e. The fraction of sp³-hybridized carbons (Fsp3) is 0.667. The van der Waals surface area contributed by atoms with Crippen LogP contribution >= 0.6 is 35.3 Å². The molecular formula is C15H26IN3OS. The molecule has 2 rings (SSSR count). The average Bonchev–Trinajstić information content (AvgIpc) is 3.06. The van der Waals surface area contributed by atoms with Crippen LogP contribution < -0.4 is 5.32 Å². The zero-order chi connectivity index (χ0) is 14.4. The van der Waals surface area contributed by atoms with Gasteiger partial charge < -0.3 is 15.3 Å². The van der Waals surface area contributed by atoms with Gasteiger partial charge in [-0.3, -0.25) is 4.99 Å². The summed E-state index contributed by atoms with van der Waals surface area (Å²) in [6, 6.07) is 2.14. The summed E-state index contributed by atoms with van der Waals surface area (Å²) in [6.07, 6.45) is 2.99. The molecule has 1 aromatic rings. The molecule has 1 heterocycles. The van der Waals surface area contributed by atoms with Crippen molar-refractivity contribution in [2.24, 2.45) is 10.9 Å². The summed E-state index contributed by atoms with van der Waals surface area (Å²) in [4.78, 5) is 6.85. The first-order valence-corrected chi connectivity index (χ1v) is 8.33. The predicted octanol–water partition coefficient (Wildman–Crippen LogP) is 2.92. The molecule has 2 unspecified atom stereocenters. The van der Waals surface area contributed by atoms with Crippen LogP contribution in [0.4, 0.5) is 0 Å². The van der Waals surface area contributed by atoms with Gasteiger partial charge in [0.15, 0.2) is 5.96 Å². The molecule has 1 saturated carbocycles. The normalized spacial score (nSPS) is 22.0. The number of nitrogens with zero attached hydrogens (tertiary/aromatic N) is 2. The number of hydrogen-bond donors (Lipinski definition) is 2. The van der Waals surface area contributed by atoms with Gasteiger partial charge in [-0.05, 0) is 42.2 Å². The summed E-state index contributed by atoms with van der Waals surface area (Å²) < 4.78 is 0. The van der Waals surface area contributed by atoms with E-state index < -0.39 is 0 Å². The number of hydrogen-bond acceptors (Lipinski definition) is 3. The largest absolute Gasteiger partial charge is 0.393 e. The highest BCUT2D eigenvalue weighted by atomic mass is 127.